The Bertz CT molecular complexity index is 198. The van der Waals surface area contributed by atoms with Gasteiger partial charge < -0.3 is 15.4 Å². The largest absolute Gasteiger partial charge is 0.381 e. The van der Waals surface area contributed by atoms with Crippen LogP contribution in [-0.2, 0) is 4.74 Å². The Morgan fingerprint density at radius 2 is 2.00 bits per heavy atom. The Morgan fingerprint density at radius 3 is 2.53 bits per heavy atom. The summed E-state index contributed by atoms with van der Waals surface area (Å²) in [7, 11) is 2.27. The molecule has 1 saturated heterocycles. The second kappa shape index (κ2) is 4.81. The first kappa shape index (κ1) is 11.4. The van der Waals surface area contributed by atoms with Crippen molar-refractivity contribution >= 4 is 0 Å². The van der Waals surface area contributed by atoms with Crippen LogP contribution in [0.4, 0.5) is 0 Å². The summed E-state index contributed by atoms with van der Waals surface area (Å²) in [5.41, 5.74) is 6.26. The predicted octanol–water partition coefficient (Wildman–Crippen LogP) is 1.23. The maximum Gasteiger partial charge on any atom is 0.0480 e. The van der Waals surface area contributed by atoms with Crippen LogP contribution in [0.15, 0.2) is 0 Å². The lowest BCUT2D eigenvalue weighted by atomic mass is 9.99. The van der Waals surface area contributed by atoms with Crippen LogP contribution in [0.5, 0.6) is 0 Å². The lowest BCUT2D eigenvalue weighted by Crippen LogP contribution is -2.40. The Labute approximate surface area is 93.0 Å². The van der Waals surface area contributed by atoms with Crippen molar-refractivity contribution in [3.05, 3.63) is 0 Å². The van der Waals surface area contributed by atoms with Gasteiger partial charge in [-0.1, -0.05) is 0 Å². The second-order valence-electron chi connectivity index (χ2n) is 5.30. The van der Waals surface area contributed by atoms with Gasteiger partial charge in [-0.25, -0.2) is 0 Å². The minimum Gasteiger partial charge on any atom is -0.381 e. The van der Waals surface area contributed by atoms with Crippen molar-refractivity contribution in [1.82, 2.24) is 4.90 Å². The number of ether oxygens (including phenoxy) is 1. The van der Waals surface area contributed by atoms with Crippen LogP contribution in [-0.4, -0.2) is 44.3 Å². The summed E-state index contributed by atoms with van der Waals surface area (Å²) < 4.78 is 5.40. The Balaban J connectivity index is 1.78. The molecule has 0 aromatic rings. The topological polar surface area (TPSA) is 38.5 Å². The van der Waals surface area contributed by atoms with E-state index in [0.717, 1.165) is 25.8 Å². The molecule has 1 saturated carbocycles. The van der Waals surface area contributed by atoms with Crippen LogP contribution in [0, 0.1) is 5.41 Å². The van der Waals surface area contributed by atoms with Crippen molar-refractivity contribution in [2.45, 2.75) is 38.1 Å². The predicted molar refractivity (Wildman–Crippen MR) is 61.8 cm³/mol. The molecular formula is C12H24N2O. The molecule has 1 aliphatic carbocycles. The van der Waals surface area contributed by atoms with Crippen molar-refractivity contribution in [2.24, 2.45) is 11.1 Å². The maximum absolute atomic E-state index is 5.67. The van der Waals surface area contributed by atoms with Crippen molar-refractivity contribution in [2.75, 3.05) is 33.4 Å². The maximum atomic E-state index is 5.67. The molecule has 2 rings (SSSR count). The molecule has 2 N–H and O–H groups in total. The lowest BCUT2D eigenvalue weighted by molar-refractivity contribution is 0.0362. The molecule has 15 heavy (non-hydrogen) atoms. The van der Waals surface area contributed by atoms with Gasteiger partial charge in [0.15, 0.2) is 0 Å². The normalized spacial score (nSPS) is 25.8. The molecule has 0 aromatic carbocycles. The van der Waals surface area contributed by atoms with Gasteiger partial charge in [-0.15, -0.1) is 0 Å². The number of hydrogen-bond donors (Lipinski definition) is 1. The Hall–Kier alpha value is -0.120. The molecule has 3 nitrogen and oxygen atoms in total. The zero-order valence-electron chi connectivity index (χ0n) is 9.87. The van der Waals surface area contributed by atoms with Gasteiger partial charge in [-0.3, -0.25) is 0 Å². The molecule has 0 bridgehead atoms. The van der Waals surface area contributed by atoms with E-state index >= 15 is 0 Å². The third-order valence-electron chi connectivity index (χ3n) is 4.03. The van der Waals surface area contributed by atoms with Gasteiger partial charge in [0.2, 0.25) is 0 Å². The summed E-state index contributed by atoms with van der Waals surface area (Å²) in [4.78, 5) is 2.55. The van der Waals surface area contributed by atoms with Gasteiger partial charge >= 0.3 is 0 Å². The van der Waals surface area contributed by atoms with Crippen molar-refractivity contribution in [3.63, 3.8) is 0 Å². The van der Waals surface area contributed by atoms with Crippen LogP contribution in [0.3, 0.4) is 0 Å². The summed E-state index contributed by atoms with van der Waals surface area (Å²) in [5.74, 6) is 0. The smallest absolute Gasteiger partial charge is 0.0480 e. The van der Waals surface area contributed by atoms with E-state index in [2.05, 4.69) is 11.9 Å². The van der Waals surface area contributed by atoms with Gasteiger partial charge in [0.25, 0.3) is 0 Å². The standard InChI is InChI=1S/C12H24N2O/c1-14(11-2-8-15-9-3-11)10-12(4-5-12)6-7-13/h11H,2-10,13H2,1H3. The summed E-state index contributed by atoms with van der Waals surface area (Å²) in [5, 5.41) is 0. The summed E-state index contributed by atoms with van der Waals surface area (Å²) in [6.07, 6.45) is 6.39. The highest BCUT2D eigenvalue weighted by Gasteiger charge is 2.43. The first-order valence-corrected chi connectivity index (χ1v) is 6.24. The average Bonchev–Trinajstić information content (AvgIpc) is 3.00. The van der Waals surface area contributed by atoms with Crippen LogP contribution in [0.1, 0.15) is 32.1 Å². The monoisotopic (exact) mass is 212 g/mol. The number of nitrogens with zero attached hydrogens (tertiary/aromatic N) is 1. The third-order valence-corrected chi connectivity index (χ3v) is 4.03. The van der Waals surface area contributed by atoms with Crippen LogP contribution < -0.4 is 5.73 Å². The highest BCUT2D eigenvalue weighted by Crippen LogP contribution is 2.49. The minimum absolute atomic E-state index is 0.585. The van der Waals surface area contributed by atoms with E-state index in [0.29, 0.717) is 5.41 Å². The molecule has 0 radical (unpaired) electrons. The van der Waals surface area contributed by atoms with Crippen LogP contribution >= 0.6 is 0 Å². The highest BCUT2D eigenvalue weighted by molar-refractivity contribution is 4.96. The van der Waals surface area contributed by atoms with E-state index in [4.69, 9.17) is 10.5 Å². The van der Waals surface area contributed by atoms with E-state index in [1.807, 2.05) is 0 Å². The molecule has 1 aliphatic heterocycles. The Kier molecular flexibility index (Phi) is 3.65. The summed E-state index contributed by atoms with van der Waals surface area (Å²) in [6, 6.07) is 0.744. The first-order chi connectivity index (χ1) is 7.26. The van der Waals surface area contributed by atoms with E-state index in [-0.39, 0.29) is 0 Å². The van der Waals surface area contributed by atoms with Gasteiger partial charge in [0, 0.05) is 25.8 Å². The van der Waals surface area contributed by atoms with Crippen LogP contribution in [0.2, 0.25) is 0 Å². The fourth-order valence-corrected chi connectivity index (χ4v) is 2.75. The summed E-state index contributed by atoms with van der Waals surface area (Å²) in [6.45, 7) is 3.98. The quantitative estimate of drug-likeness (QED) is 0.745. The Morgan fingerprint density at radius 1 is 1.33 bits per heavy atom. The molecule has 1 heterocycles. The highest BCUT2D eigenvalue weighted by atomic mass is 16.5. The molecule has 0 atom stereocenters. The fourth-order valence-electron chi connectivity index (χ4n) is 2.75. The number of nitrogens with two attached hydrogens (primary N) is 1. The molecule has 0 spiro atoms. The van der Waals surface area contributed by atoms with Crippen LogP contribution in [0.25, 0.3) is 0 Å². The van der Waals surface area contributed by atoms with Gasteiger partial charge in [-0.05, 0) is 51.1 Å². The zero-order valence-corrected chi connectivity index (χ0v) is 9.87. The van der Waals surface area contributed by atoms with Crippen molar-refractivity contribution < 1.29 is 4.74 Å². The molecule has 0 aromatic heterocycles. The zero-order chi connectivity index (χ0) is 10.7. The molecule has 2 aliphatic rings. The number of hydrogen-bond acceptors (Lipinski definition) is 3. The van der Waals surface area contributed by atoms with E-state index in [9.17, 15) is 0 Å². The SMILES string of the molecule is CN(CC1(CCN)CC1)C1CCOCC1. The third kappa shape index (κ3) is 2.92. The molecule has 0 amide bonds. The minimum atomic E-state index is 0.585. The molecular weight excluding hydrogens is 188 g/mol. The number of rotatable bonds is 5. The van der Waals surface area contributed by atoms with Crippen molar-refractivity contribution in [3.8, 4) is 0 Å². The molecule has 2 fully saturated rings. The molecule has 0 unspecified atom stereocenters. The summed E-state index contributed by atoms with van der Waals surface area (Å²) >= 11 is 0. The van der Waals surface area contributed by atoms with E-state index in [1.165, 1.54) is 38.6 Å². The van der Waals surface area contributed by atoms with E-state index in [1.54, 1.807) is 0 Å². The van der Waals surface area contributed by atoms with Gasteiger partial charge in [0.1, 0.15) is 0 Å². The molecule has 3 heteroatoms. The van der Waals surface area contributed by atoms with Crippen molar-refractivity contribution in [1.29, 1.82) is 0 Å². The van der Waals surface area contributed by atoms with E-state index < -0.39 is 0 Å². The van der Waals surface area contributed by atoms with Gasteiger partial charge in [-0.2, -0.15) is 0 Å². The average molecular weight is 212 g/mol. The first-order valence-electron chi connectivity index (χ1n) is 6.24. The lowest BCUT2D eigenvalue weighted by Gasteiger charge is -2.33. The second-order valence-corrected chi connectivity index (χ2v) is 5.30. The van der Waals surface area contributed by atoms with Gasteiger partial charge in [0.05, 0.1) is 0 Å². The fraction of sp³-hybridized carbons (Fsp3) is 1.00. The molecule has 88 valence electrons.